The molecule has 1 aliphatic rings. The first-order chi connectivity index (χ1) is 12.9. The summed E-state index contributed by atoms with van der Waals surface area (Å²) in [5, 5.41) is 0. The van der Waals surface area contributed by atoms with Gasteiger partial charge in [0.05, 0.1) is 5.56 Å². The maximum absolute atomic E-state index is 12.6. The van der Waals surface area contributed by atoms with Crippen molar-refractivity contribution in [3.8, 4) is 11.5 Å². The Morgan fingerprint density at radius 1 is 1.11 bits per heavy atom. The molecule has 2 aromatic carbocycles. The van der Waals surface area contributed by atoms with E-state index in [1.54, 1.807) is 11.0 Å². The van der Waals surface area contributed by atoms with Crippen LogP contribution in [-0.2, 0) is 17.5 Å². The molecule has 0 aliphatic carbocycles. The van der Waals surface area contributed by atoms with Crippen LogP contribution in [0.4, 0.5) is 13.2 Å². The lowest BCUT2D eigenvalue weighted by Crippen LogP contribution is -2.28. The number of ether oxygens (including phenoxy) is 2. The van der Waals surface area contributed by atoms with Crippen LogP contribution < -0.4 is 9.47 Å². The largest absolute Gasteiger partial charge is 0.454 e. The Morgan fingerprint density at radius 2 is 1.81 bits per heavy atom. The molecule has 0 aromatic heterocycles. The smallest absolute Gasteiger partial charge is 0.416 e. The summed E-state index contributed by atoms with van der Waals surface area (Å²) in [6.45, 7) is 2.93. The first-order valence-corrected chi connectivity index (χ1v) is 8.39. The zero-order chi connectivity index (χ0) is 19.4. The molecule has 1 amide bonds. The summed E-state index contributed by atoms with van der Waals surface area (Å²) in [7, 11) is 0. The Kier molecular flexibility index (Phi) is 5.39. The summed E-state index contributed by atoms with van der Waals surface area (Å²) in [6, 6.07) is 10.2. The summed E-state index contributed by atoms with van der Waals surface area (Å²) in [5.74, 6) is 1.10. The van der Waals surface area contributed by atoms with Crippen LogP contribution in [-0.4, -0.2) is 24.1 Å². The van der Waals surface area contributed by atoms with Gasteiger partial charge in [0.25, 0.3) is 0 Å². The van der Waals surface area contributed by atoms with Gasteiger partial charge in [-0.15, -0.1) is 0 Å². The number of amides is 1. The van der Waals surface area contributed by atoms with Crippen molar-refractivity contribution in [1.82, 2.24) is 4.90 Å². The number of hydrogen-bond donors (Lipinski definition) is 0. The summed E-state index contributed by atoms with van der Waals surface area (Å²) in [5.41, 5.74) is 0.705. The fourth-order valence-electron chi connectivity index (χ4n) is 2.66. The highest BCUT2D eigenvalue weighted by atomic mass is 19.4. The van der Waals surface area contributed by atoms with E-state index in [2.05, 4.69) is 0 Å². The monoisotopic (exact) mass is 377 g/mol. The van der Waals surface area contributed by atoms with Crippen LogP contribution in [0, 0.1) is 0 Å². The van der Waals surface area contributed by atoms with Crippen LogP contribution in [0.5, 0.6) is 11.5 Å². The first-order valence-electron chi connectivity index (χ1n) is 8.39. The molecule has 27 heavy (non-hydrogen) atoms. The van der Waals surface area contributed by atoms with E-state index >= 15 is 0 Å². The van der Waals surface area contributed by atoms with E-state index < -0.39 is 11.7 Å². The number of rotatable bonds is 5. The normalized spacial score (nSPS) is 13.2. The number of carbonyl (C=O) groups excluding carboxylic acids is 1. The van der Waals surface area contributed by atoms with Crippen LogP contribution >= 0.6 is 0 Å². The number of nitrogens with zero attached hydrogens (tertiary/aromatic N) is 1. The van der Waals surface area contributed by atoms with Crippen molar-refractivity contribution in [1.29, 1.82) is 0 Å². The van der Waals surface area contributed by atoms with Gasteiger partial charge in [-0.05, 0) is 48.4 Å². The minimum atomic E-state index is -4.37. The van der Waals surface area contributed by atoms with Crippen LogP contribution in [0.2, 0.25) is 0 Å². The maximum Gasteiger partial charge on any atom is 0.416 e. The van der Waals surface area contributed by atoms with Crippen LogP contribution in [0.25, 0.3) is 6.08 Å². The fourth-order valence-corrected chi connectivity index (χ4v) is 2.66. The van der Waals surface area contributed by atoms with Gasteiger partial charge in [0.15, 0.2) is 11.5 Å². The topological polar surface area (TPSA) is 38.8 Å². The molecule has 3 rings (SSSR count). The highest BCUT2D eigenvalue weighted by Gasteiger charge is 2.29. The molecule has 0 atom stereocenters. The molecular weight excluding hydrogens is 359 g/mol. The van der Waals surface area contributed by atoms with Gasteiger partial charge in [-0.25, -0.2) is 0 Å². The van der Waals surface area contributed by atoms with E-state index in [0.29, 0.717) is 30.2 Å². The SMILES string of the molecule is CCN(Cc1ccc2c(c1)OCO2)C(=O)/C=C\c1ccc(C(F)(F)F)cc1. The number of fused-ring (bicyclic) bond motifs is 1. The van der Waals surface area contributed by atoms with Crippen LogP contribution in [0.1, 0.15) is 23.6 Å². The van der Waals surface area contributed by atoms with Crippen molar-refractivity contribution in [2.45, 2.75) is 19.6 Å². The van der Waals surface area contributed by atoms with Crippen molar-refractivity contribution in [3.05, 3.63) is 65.2 Å². The predicted molar refractivity (Wildman–Crippen MR) is 94.1 cm³/mol. The van der Waals surface area contributed by atoms with Gasteiger partial charge < -0.3 is 14.4 Å². The van der Waals surface area contributed by atoms with Crippen molar-refractivity contribution >= 4 is 12.0 Å². The number of halogens is 3. The van der Waals surface area contributed by atoms with Gasteiger partial charge >= 0.3 is 6.18 Å². The van der Waals surface area contributed by atoms with E-state index in [-0.39, 0.29) is 12.7 Å². The number of likely N-dealkylation sites (N-methyl/N-ethyl adjacent to an activating group) is 1. The van der Waals surface area contributed by atoms with E-state index in [0.717, 1.165) is 17.7 Å². The van der Waals surface area contributed by atoms with Gasteiger partial charge in [0, 0.05) is 19.2 Å². The lowest BCUT2D eigenvalue weighted by molar-refractivity contribution is -0.137. The Morgan fingerprint density at radius 3 is 2.48 bits per heavy atom. The standard InChI is InChI=1S/C20H18F3NO3/c1-2-24(12-15-5-9-17-18(11-15)27-13-26-17)19(25)10-6-14-3-7-16(8-4-14)20(21,22)23/h3-11H,2,12-13H2,1H3/b10-6-. The van der Waals surface area contributed by atoms with Gasteiger partial charge in [-0.1, -0.05) is 18.2 Å². The van der Waals surface area contributed by atoms with Crippen molar-refractivity contribution in [2.24, 2.45) is 0 Å². The lowest BCUT2D eigenvalue weighted by atomic mass is 10.1. The second-order valence-corrected chi connectivity index (χ2v) is 5.99. The second-order valence-electron chi connectivity index (χ2n) is 5.99. The Labute approximate surface area is 154 Å². The molecule has 0 fully saturated rings. The average molecular weight is 377 g/mol. The van der Waals surface area contributed by atoms with Crippen LogP contribution in [0.15, 0.2) is 48.5 Å². The number of alkyl halides is 3. The predicted octanol–water partition coefficient (Wildman–Crippen LogP) is 4.50. The van der Waals surface area contributed by atoms with Crippen molar-refractivity contribution in [2.75, 3.05) is 13.3 Å². The van der Waals surface area contributed by atoms with E-state index in [1.807, 2.05) is 19.1 Å². The Balaban J connectivity index is 1.65. The molecule has 1 aliphatic heterocycles. The lowest BCUT2D eigenvalue weighted by Gasteiger charge is -2.19. The zero-order valence-corrected chi connectivity index (χ0v) is 14.6. The molecule has 2 aromatic rings. The van der Waals surface area contributed by atoms with E-state index in [4.69, 9.17) is 9.47 Å². The highest BCUT2D eigenvalue weighted by Crippen LogP contribution is 2.33. The van der Waals surface area contributed by atoms with Crippen molar-refractivity contribution in [3.63, 3.8) is 0 Å². The summed E-state index contributed by atoms with van der Waals surface area (Å²) < 4.78 is 48.3. The fraction of sp³-hybridized carbons (Fsp3) is 0.250. The quantitative estimate of drug-likeness (QED) is 0.721. The van der Waals surface area contributed by atoms with Crippen molar-refractivity contribution < 1.29 is 27.4 Å². The molecule has 0 spiro atoms. The third-order valence-corrected chi connectivity index (χ3v) is 4.16. The molecule has 0 unspecified atom stereocenters. The maximum atomic E-state index is 12.6. The number of benzene rings is 2. The third kappa shape index (κ3) is 4.61. The summed E-state index contributed by atoms with van der Waals surface area (Å²) in [6.07, 6.45) is -1.51. The average Bonchev–Trinajstić information content (AvgIpc) is 3.11. The Bertz CT molecular complexity index is 845. The zero-order valence-electron chi connectivity index (χ0n) is 14.6. The third-order valence-electron chi connectivity index (χ3n) is 4.16. The first kappa shape index (κ1) is 18.8. The van der Waals surface area contributed by atoms with E-state index in [1.165, 1.54) is 24.3 Å². The molecule has 0 bridgehead atoms. The highest BCUT2D eigenvalue weighted by molar-refractivity contribution is 5.91. The molecule has 4 nitrogen and oxygen atoms in total. The number of hydrogen-bond acceptors (Lipinski definition) is 3. The molecule has 0 N–H and O–H groups in total. The minimum Gasteiger partial charge on any atom is -0.454 e. The van der Waals surface area contributed by atoms with Gasteiger partial charge in [0.1, 0.15) is 0 Å². The van der Waals surface area contributed by atoms with Crippen LogP contribution in [0.3, 0.4) is 0 Å². The number of carbonyl (C=O) groups is 1. The second kappa shape index (κ2) is 7.73. The molecule has 0 radical (unpaired) electrons. The molecule has 7 heteroatoms. The minimum absolute atomic E-state index is 0.186. The van der Waals surface area contributed by atoms with Gasteiger partial charge in [-0.2, -0.15) is 13.2 Å². The summed E-state index contributed by atoms with van der Waals surface area (Å²) >= 11 is 0. The van der Waals surface area contributed by atoms with Gasteiger partial charge in [-0.3, -0.25) is 4.79 Å². The molecule has 0 saturated carbocycles. The molecule has 0 saturated heterocycles. The summed E-state index contributed by atoms with van der Waals surface area (Å²) in [4.78, 5) is 14.0. The molecule has 142 valence electrons. The van der Waals surface area contributed by atoms with E-state index in [9.17, 15) is 18.0 Å². The molecular formula is C20H18F3NO3. The molecule has 1 heterocycles. The van der Waals surface area contributed by atoms with Gasteiger partial charge in [0.2, 0.25) is 12.7 Å². The Hall–Kier alpha value is -2.96.